The normalized spacial score (nSPS) is 10.4. The maximum Gasteiger partial charge on any atom is 0.131 e. The van der Waals surface area contributed by atoms with E-state index in [9.17, 15) is 0 Å². The van der Waals surface area contributed by atoms with E-state index in [2.05, 4.69) is 33.8 Å². The summed E-state index contributed by atoms with van der Waals surface area (Å²) in [4.78, 5) is 8.71. The molecule has 0 saturated heterocycles. The third kappa shape index (κ3) is 6.10. The molecular weight excluding hydrogens is 244 g/mol. The molecule has 0 aliphatic rings. The SMILES string of the molecule is CCNc1cc(NCCCCCSC)nc(C)n1. The molecule has 0 saturated carbocycles. The van der Waals surface area contributed by atoms with Crippen molar-refractivity contribution in [3.05, 3.63) is 11.9 Å². The van der Waals surface area contributed by atoms with Crippen molar-refractivity contribution >= 4 is 23.4 Å². The number of rotatable bonds is 9. The zero-order valence-electron chi connectivity index (χ0n) is 11.6. The van der Waals surface area contributed by atoms with Gasteiger partial charge in [0.2, 0.25) is 0 Å². The summed E-state index contributed by atoms with van der Waals surface area (Å²) in [5.74, 6) is 3.88. The van der Waals surface area contributed by atoms with Crippen molar-refractivity contribution < 1.29 is 0 Å². The third-order valence-electron chi connectivity index (χ3n) is 2.53. The Hall–Kier alpha value is -0.970. The van der Waals surface area contributed by atoms with Crippen LogP contribution in [-0.4, -0.2) is 35.1 Å². The van der Waals surface area contributed by atoms with Gasteiger partial charge in [-0.25, -0.2) is 9.97 Å². The molecule has 1 aromatic rings. The highest BCUT2D eigenvalue weighted by Crippen LogP contribution is 2.11. The molecule has 1 heterocycles. The van der Waals surface area contributed by atoms with Crippen molar-refractivity contribution in [2.45, 2.75) is 33.1 Å². The van der Waals surface area contributed by atoms with Gasteiger partial charge < -0.3 is 10.6 Å². The molecule has 1 aromatic heterocycles. The molecule has 0 aliphatic heterocycles. The lowest BCUT2D eigenvalue weighted by molar-refractivity contribution is 0.747. The molecule has 0 bridgehead atoms. The highest BCUT2D eigenvalue weighted by molar-refractivity contribution is 7.98. The Morgan fingerprint density at radius 1 is 1.11 bits per heavy atom. The van der Waals surface area contributed by atoms with Crippen LogP contribution in [0.25, 0.3) is 0 Å². The van der Waals surface area contributed by atoms with Crippen LogP contribution in [0.3, 0.4) is 0 Å². The van der Waals surface area contributed by atoms with Gasteiger partial charge in [0.1, 0.15) is 17.5 Å². The van der Waals surface area contributed by atoms with Gasteiger partial charge in [-0.15, -0.1) is 0 Å². The summed E-state index contributed by atoms with van der Waals surface area (Å²) in [5.41, 5.74) is 0. The number of aryl methyl sites for hydroxylation is 1. The second kappa shape index (κ2) is 9.03. The van der Waals surface area contributed by atoms with Crippen LogP contribution in [0.1, 0.15) is 32.0 Å². The topological polar surface area (TPSA) is 49.8 Å². The smallest absolute Gasteiger partial charge is 0.131 e. The van der Waals surface area contributed by atoms with Gasteiger partial charge in [-0.2, -0.15) is 11.8 Å². The zero-order valence-corrected chi connectivity index (χ0v) is 12.4. The summed E-state index contributed by atoms with van der Waals surface area (Å²) in [6, 6.07) is 1.97. The summed E-state index contributed by atoms with van der Waals surface area (Å²) in [7, 11) is 0. The van der Waals surface area contributed by atoms with E-state index in [0.717, 1.165) is 30.5 Å². The van der Waals surface area contributed by atoms with Gasteiger partial charge in [0.25, 0.3) is 0 Å². The Morgan fingerprint density at radius 3 is 2.50 bits per heavy atom. The molecule has 0 aromatic carbocycles. The predicted octanol–water partition coefficient (Wildman–Crippen LogP) is 3.16. The maximum absolute atomic E-state index is 4.38. The van der Waals surface area contributed by atoms with Gasteiger partial charge in [0.15, 0.2) is 0 Å². The first kappa shape index (κ1) is 15.1. The summed E-state index contributed by atoms with van der Waals surface area (Å²) in [6.45, 7) is 5.85. The molecule has 0 aliphatic carbocycles. The standard InChI is InChI=1S/C13H24N4S/c1-4-14-12-10-13(17-11(2)16-12)15-8-6-5-7-9-18-3/h10H,4-9H2,1-3H3,(H2,14,15,16,17). The Balaban J connectivity index is 2.32. The molecule has 1 rings (SSSR count). The van der Waals surface area contributed by atoms with Gasteiger partial charge in [-0.05, 0) is 38.7 Å². The Labute approximate surface area is 114 Å². The number of aromatic nitrogens is 2. The van der Waals surface area contributed by atoms with E-state index in [0.29, 0.717) is 0 Å². The molecule has 0 spiro atoms. The number of nitrogens with zero attached hydrogens (tertiary/aromatic N) is 2. The van der Waals surface area contributed by atoms with E-state index < -0.39 is 0 Å². The van der Waals surface area contributed by atoms with Gasteiger partial charge >= 0.3 is 0 Å². The molecule has 18 heavy (non-hydrogen) atoms. The average Bonchev–Trinajstić information content (AvgIpc) is 2.33. The molecule has 0 amide bonds. The van der Waals surface area contributed by atoms with Gasteiger partial charge in [-0.1, -0.05) is 6.42 Å². The second-order valence-electron chi connectivity index (χ2n) is 4.20. The average molecular weight is 268 g/mol. The molecule has 0 radical (unpaired) electrons. The Bertz CT molecular complexity index is 344. The van der Waals surface area contributed by atoms with Crippen LogP contribution in [-0.2, 0) is 0 Å². The van der Waals surface area contributed by atoms with Crippen LogP contribution in [0.15, 0.2) is 6.07 Å². The zero-order chi connectivity index (χ0) is 13.2. The Morgan fingerprint density at radius 2 is 1.83 bits per heavy atom. The van der Waals surface area contributed by atoms with Crippen molar-refractivity contribution in [2.24, 2.45) is 0 Å². The quantitative estimate of drug-likeness (QED) is 0.674. The molecule has 0 fully saturated rings. The fraction of sp³-hybridized carbons (Fsp3) is 0.692. The largest absolute Gasteiger partial charge is 0.370 e. The molecule has 0 unspecified atom stereocenters. The molecule has 5 heteroatoms. The van der Waals surface area contributed by atoms with E-state index in [4.69, 9.17) is 0 Å². The van der Waals surface area contributed by atoms with Crippen molar-refractivity contribution in [3.8, 4) is 0 Å². The summed E-state index contributed by atoms with van der Waals surface area (Å²) in [5, 5.41) is 6.58. The van der Waals surface area contributed by atoms with E-state index in [1.807, 2.05) is 24.8 Å². The highest BCUT2D eigenvalue weighted by Gasteiger charge is 2.00. The summed E-state index contributed by atoms with van der Waals surface area (Å²) >= 11 is 1.92. The van der Waals surface area contributed by atoms with E-state index in [-0.39, 0.29) is 0 Å². The van der Waals surface area contributed by atoms with Crippen molar-refractivity contribution in [3.63, 3.8) is 0 Å². The first-order chi connectivity index (χ1) is 8.76. The Kier molecular flexibility index (Phi) is 7.57. The fourth-order valence-corrected chi connectivity index (χ4v) is 2.19. The van der Waals surface area contributed by atoms with Crippen molar-refractivity contribution in [1.29, 1.82) is 0 Å². The molecule has 102 valence electrons. The minimum atomic E-state index is 0.804. The monoisotopic (exact) mass is 268 g/mol. The number of hydrogen-bond donors (Lipinski definition) is 2. The predicted molar refractivity (Wildman–Crippen MR) is 81.7 cm³/mol. The highest BCUT2D eigenvalue weighted by atomic mass is 32.2. The van der Waals surface area contributed by atoms with Crippen LogP contribution in [0.5, 0.6) is 0 Å². The minimum Gasteiger partial charge on any atom is -0.370 e. The van der Waals surface area contributed by atoms with Gasteiger partial charge in [-0.3, -0.25) is 0 Å². The van der Waals surface area contributed by atoms with Crippen molar-refractivity contribution in [1.82, 2.24) is 9.97 Å². The van der Waals surface area contributed by atoms with E-state index in [1.54, 1.807) is 0 Å². The van der Waals surface area contributed by atoms with Crippen LogP contribution >= 0.6 is 11.8 Å². The number of anilines is 2. The van der Waals surface area contributed by atoms with Gasteiger partial charge in [0, 0.05) is 19.2 Å². The number of thioether (sulfide) groups is 1. The summed E-state index contributed by atoms with van der Waals surface area (Å²) < 4.78 is 0. The third-order valence-corrected chi connectivity index (χ3v) is 3.22. The van der Waals surface area contributed by atoms with E-state index >= 15 is 0 Å². The first-order valence-corrected chi connectivity index (χ1v) is 7.98. The van der Waals surface area contributed by atoms with Crippen molar-refractivity contribution in [2.75, 3.05) is 35.7 Å². The first-order valence-electron chi connectivity index (χ1n) is 6.58. The molecule has 4 nitrogen and oxygen atoms in total. The molecule has 0 atom stereocenters. The second-order valence-corrected chi connectivity index (χ2v) is 5.18. The molecular formula is C13H24N4S. The van der Waals surface area contributed by atoms with Crippen LogP contribution in [0.2, 0.25) is 0 Å². The number of nitrogens with one attached hydrogen (secondary N) is 2. The lowest BCUT2D eigenvalue weighted by Crippen LogP contribution is -2.07. The minimum absolute atomic E-state index is 0.804. The molecule has 2 N–H and O–H groups in total. The lowest BCUT2D eigenvalue weighted by Gasteiger charge is -2.09. The van der Waals surface area contributed by atoms with E-state index in [1.165, 1.54) is 25.0 Å². The number of hydrogen-bond acceptors (Lipinski definition) is 5. The fourth-order valence-electron chi connectivity index (χ4n) is 1.69. The van der Waals surface area contributed by atoms with Gasteiger partial charge in [0.05, 0.1) is 0 Å². The maximum atomic E-state index is 4.38. The van der Waals surface area contributed by atoms with Crippen LogP contribution in [0, 0.1) is 6.92 Å². The lowest BCUT2D eigenvalue weighted by atomic mass is 10.2. The van der Waals surface area contributed by atoms with Crippen LogP contribution in [0.4, 0.5) is 11.6 Å². The number of unbranched alkanes of at least 4 members (excludes halogenated alkanes) is 2. The van der Waals surface area contributed by atoms with Crippen LogP contribution < -0.4 is 10.6 Å². The summed E-state index contributed by atoms with van der Waals surface area (Å²) in [6.07, 6.45) is 5.93.